The maximum Gasteiger partial charge on any atom is 0.0223 e. The third-order valence-corrected chi connectivity index (χ3v) is 5.91. The number of nitrogens with two attached hydrogens (primary N) is 1. The lowest BCUT2D eigenvalue weighted by Crippen LogP contribution is -2.52. The second-order valence-corrected chi connectivity index (χ2v) is 7.45. The first kappa shape index (κ1) is 17.2. The van der Waals surface area contributed by atoms with E-state index >= 15 is 0 Å². The highest BCUT2D eigenvalue weighted by atomic mass is 15.3. The maximum absolute atomic E-state index is 6.14. The molecular weight excluding hydrogens is 258 g/mol. The van der Waals surface area contributed by atoms with E-state index in [9.17, 15) is 0 Å². The minimum atomic E-state index is 0.732. The fraction of sp³-hybridized carbons (Fsp3) is 1.00. The van der Waals surface area contributed by atoms with Crippen LogP contribution in [0.1, 0.15) is 58.8 Å². The third kappa shape index (κ3) is 4.43. The van der Waals surface area contributed by atoms with Crippen LogP contribution in [-0.4, -0.2) is 55.1 Å². The van der Waals surface area contributed by atoms with Gasteiger partial charge in [0.25, 0.3) is 0 Å². The molecule has 124 valence electrons. The summed E-state index contributed by atoms with van der Waals surface area (Å²) in [6.45, 7) is 9.35. The van der Waals surface area contributed by atoms with Gasteiger partial charge in [-0.3, -0.25) is 4.90 Å². The van der Waals surface area contributed by atoms with E-state index in [1.54, 1.807) is 0 Å². The molecule has 2 rings (SSSR count). The van der Waals surface area contributed by atoms with E-state index in [2.05, 4.69) is 30.7 Å². The lowest BCUT2D eigenvalue weighted by molar-refractivity contribution is 0.0443. The van der Waals surface area contributed by atoms with Crippen LogP contribution in [0.5, 0.6) is 0 Å². The molecule has 0 radical (unpaired) electrons. The van der Waals surface area contributed by atoms with Crippen LogP contribution in [0.15, 0.2) is 0 Å². The summed E-state index contributed by atoms with van der Waals surface area (Å²) in [6, 6.07) is 1.48. The number of nitrogens with zero attached hydrogens (tertiary/aromatic N) is 2. The predicted octanol–water partition coefficient (Wildman–Crippen LogP) is 2.95. The Morgan fingerprint density at radius 1 is 1.14 bits per heavy atom. The van der Waals surface area contributed by atoms with Crippen molar-refractivity contribution in [3.05, 3.63) is 0 Å². The molecule has 1 saturated carbocycles. The van der Waals surface area contributed by atoms with Crippen molar-refractivity contribution in [1.29, 1.82) is 0 Å². The van der Waals surface area contributed by atoms with Gasteiger partial charge in [0, 0.05) is 25.2 Å². The van der Waals surface area contributed by atoms with Gasteiger partial charge in [-0.25, -0.2) is 0 Å². The van der Waals surface area contributed by atoms with Crippen LogP contribution in [0.3, 0.4) is 0 Å². The van der Waals surface area contributed by atoms with Crippen molar-refractivity contribution >= 4 is 0 Å². The Morgan fingerprint density at radius 3 is 2.62 bits per heavy atom. The summed E-state index contributed by atoms with van der Waals surface area (Å²) >= 11 is 0. The minimum Gasteiger partial charge on any atom is -0.330 e. The summed E-state index contributed by atoms with van der Waals surface area (Å²) in [7, 11) is 2.29. The molecule has 1 heterocycles. The summed E-state index contributed by atoms with van der Waals surface area (Å²) in [4.78, 5) is 5.39. The molecule has 1 aliphatic carbocycles. The van der Waals surface area contributed by atoms with Gasteiger partial charge >= 0.3 is 0 Å². The Morgan fingerprint density at radius 2 is 1.95 bits per heavy atom. The summed E-state index contributed by atoms with van der Waals surface area (Å²) < 4.78 is 0. The second-order valence-electron chi connectivity index (χ2n) is 7.45. The van der Waals surface area contributed by atoms with Crippen molar-refractivity contribution < 1.29 is 0 Å². The smallest absolute Gasteiger partial charge is 0.0223 e. The molecule has 4 unspecified atom stereocenters. The average molecular weight is 296 g/mol. The van der Waals surface area contributed by atoms with E-state index in [-0.39, 0.29) is 0 Å². The van der Waals surface area contributed by atoms with Crippen molar-refractivity contribution in [3.8, 4) is 0 Å². The zero-order valence-electron chi connectivity index (χ0n) is 14.6. The largest absolute Gasteiger partial charge is 0.330 e. The van der Waals surface area contributed by atoms with E-state index in [1.165, 1.54) is 64.6 Å². The first-order valence-corrected chi connectivity index (χ1v) is 9.33. The van der Waals surface area contributed by atoms with E-state index in [1.807, 2.05) is 0 Å². The van der Waals surface area contributed by atoms with Crippen LogP contribution in [0.4, 0.5) is 0 Å². The van der Waals surface area contributed by atoms with Gasteiger partial charge in [-0.05, 0) is 57.7 Å². The molecule has 0 bridgehead atoms. The van der Waals surface area contributed by atoms with Gasteiger partial charge in [-0.1, -0.05) is 33.1 Å². The zero-order chi connectivity index (χ0) is 15.2. The number of rotatable bonds is 5. The Balaban J connectivity index is 2.09. The SMILES string of the molecule is CCCC1CCC(CN)C(N2CCCN(C)CC2CC)C1. The molecule has 0 aromatic carbocycles. The van der Waals surface area contributed by atoms with Gasteiger partial charge < -0.3 is 10.6 Å². The van der Waals surface area contributed by atoms with Crippen molar-refractivity contribution in [1.82, 2.24) is 9.80 Å². The fourth-order valence-corrected chi connectivity index (χ4v) is 4.71. The molecular formula is C18H37N3. The van der Waals surface area contributed by atoms with Gasteiger partial charge in [-0.15, -0.1) is 0 Å². The number of likely N-dealkylation sites (N-methyl/N-ethyl adjacent to an activating group) is 1. The normalized spacial score (nSPS) is 36.6. The van der Waals surface area contributed by atoms with Gasteiger partial charge in [-0.2, -0.15) is 0 Å². The second kappa shape index (κ2) is 8.50. The summed E-state index contributed by atoms with van der Waals surface area (Å²) in [5.41, 5.74) is 6.14. The van der Waals surface area contributed by atoms with Gasteiger partial charge in [0.2, 0.25) is 0 Å². The predicted molar refractivity (Wildman–Crippen MR) is 91.5 cm³/mol. The van der Waals surface area contributed by atoms with E-state index in [0.29, 0.717) is 0 Å². The molecule has 0 aromatic rings. The van der Waals surface area contributed by atoms with Crippen molar-refractivity contribution in [2.24, 2.45) is 17.6 Å². The Bertz CT molecular complexity index is 294. The molecule has 2 aliphatic rings. The van der Waals surface area contributed by atoms with Crippen LogP contribution in [0.2, 0.25) is 0 Å². The highest BCUT2D eigenvalue weighted by Crippen LogP contribution is 2.36. The molecule has 21 heavy (non-hydrogen) atoms. The quantitative estimate of drug-likeness (QED) is 0.846. The average Bonchev–Trinajstić information content (AvgIpc) is 2.68. The van der Waals surface area contributed by atoms with Crippen LogP contribution in [0.25, 0.3) is 0 Å². The Hall–Kier alpha value is -0.120. The zero-order valence-corrected chi connectivity index (χ0v) is 14.6. The molecule has 3 nitrogen and oxygen atoms in total. The molecule has 1 saturated heterocycles. The van der Waals surface area contributed by atoms with E-state index in [0.717, 1.165) is 30.5 Å². The molecule has 0 amide bonds. The van der Waals surface area contributed by atoms with Crippen LogP contribution in [-0.2, 0) is 0 Å². The fourth-order valence-electron chi connectivity index (χ4n) is 4.71. The van der Waals surface area contributed by atoms with Crippen molar-refractivity contribution in [3.63, 3.8) is 0 Å². The highest BCUT2D eigenvalue weighted by molar-refractivity contribution is 4.91. The first-order chi connectivity index (χ1) is 10.2. The summed E-state index contributed by atoms with van der Waals surface area (Å²) in [6.07, 6.45) is 9.51. The molecule has 0 spiro atoms. The van der Waals surface area contributed by atoms with Gasteiger partial charge in [0.15, 0.2) is 0 Å². The van der Waals surface area contributed by atoms with Crippen molar-refractivity contribution in [2.45, 2.75) is 70.9 Å². The van der Waals surface area contributed by atoms with Crippen LogP contribution in [0, 0.1) is 11.8 Å². The lowest BCUT2D eigenvalue weighted by Gasteiger charge is -2.45. The van der Waals surface area contributed by atoms with Gasteiger partial charge in [0.05, 0.1) is 0 Å². The van der Waals surface area contributed by atoms with Crippen LogP contribution < -0.4 is 5.73 Å². The van der Waals surface area contributed by atoms with E-state index in [4.69, 9.17) is 5.73 Å². The Labute approximate surface area is 132 Å². The number of hydrogen-bond donors (Lipinski definition) is 1. The molecule has 4 atom stereocenters. The van der Waals surface area contributed by atoms with Gasteiger partial charge in [0.1, 0.15) is 0 Å². The first-order valence-electron chi connectivity index (χ1n) is 9.33. The van der Waals surface area contributed by atoms with Crippen molar-refractivity contribution in [2.75, 3.05) is 33.2 Å². The topological polar surface area (TPSA) is 32.5 Å². The Kier molecular flexibility index (Phi) is 6.97. The highest BCUT2D eigenvalue weighted by Gasteiger charge is 2.36. The molecule has 1 aliphatic heterocycles. The third-order valence-electron chi connectivity index (χ3n) is 5.91. The van der Waals surface area contributed by atoms with Crippen LogP contribution >= 0.6 is 0 Å². The maximum atomic E-state index is 6.14. The molecule has 2 N–H and O–H groups in total. The standard InChI is InChI=1S/C18H37N3/c1-4-7-15-8-9-16(13-19)18(12-15)21-11-6-10-20(3)14-17(21)5-2/h15-18H,4-14,19H2,1-3H3. The monoisotopic (exact) mass is 295 g/mol. The summed E-state index contributed by atoms with van der Waals surface area (Å²) in [5.74, 6) is 1.68. The lowest BCUT2D eigenvalue weighted by atomic mass is 9.75. The van der Waals surface area contributed by atoms with E-state index < -0.39 is 0 Å². The molecule has 2 fully saturated rings. The minimum absolute atomic E-state index is 0.732. The molecule has 0 aromatic heterocycles. The molecule has 3 heteroatoms. The number of hydrogen-bond acceptors (Lipinski definition) is 3. The summed E-state index contributed by atoms with van der Waals surface area (Å²) in [5, 5.41) is 0.